The highest BCUT2D eigenvalue weighted by atomic mass is 19.1. The van der Waals surface area contributed by atoms with Gasteiger partial charge in [0.15, 0.2) is 0 Å². The summed E-state index contributed by atoms with van der Waals surface area (Å²) in [6.45, 7) is 2.75. The van der Waals surface area contributed by atoms with Crippen molar-refractivity contribution in [2.45, 2.75) is 25.8 Å². The lowest BCUT2D eigenvalue weighted by molar-refractivity contribution is 0.0946. The number of fused-ring (bicyclic) bond motifs is 1. The minimum Gasteiger partial charge on any atom is -0.351 e. The van der Waals surface area contributed by atoms with Crippen LogP contribution in [0.15, 0.2) is 42.5 Å². The first-order chi connectivity index (χ1) is 13.0. The summed E-state index contributed by atoms with van der Waals surface area (Å²) in [7, 11) is 0. The molecule has 6 N–H and O–H groups in total. The van der Waals surface area contributed by atoms with Crippen LogP contribution in [-0.4, -0.2) is 30.0 Å². The number of rotatable bonds is 7. The molecule has 27 heavy (non-hydrogen) atoms. The van der Waals surface area contributed by atoms with E-state index >= 15 is 0 Å². The maximum absolute atomic E-state index is 13.5. The molecule has 0 aliphatic heterocycles. The number of nitrogens with one attached hydrogen (secondary N) is 2. The Morgan fingerprint density at radius 1 is 1.19 bits per heavy atom. The first kappa shape index (κ1) is 19.1. The zero-order chi connectivity index (χ0) is 19.4. The van der Waals surface area contributed by atoms with E-state index < -0.39 is 0 Å². The first-order valence-corrected chi connectivity index (χ1v) is 9.11. The highest BCUT2D eigenvalue weighted by Crippen LogP contribution is 2.26. The number of aromatic amines is 1. The smallest absolute Gasteiger partial charge is 0.267 e. The minimum atomic E-state index is -0.219. The molecule has 1 aromatic heterocycles. The molecule has 0 aliphatic carbocycles. The Kier molecular flexibility index (Phi) is 5.88. The van der Waals surface area contributed by atoms with E-state index in [0.29, 0.717) is 24.3 Å². The summed E-state index contributed by atoms with van der Waals surface area (Å²) in [6.07, 6.45) is 1.62. The van der Waals surface area contributed by atoms with Crippen LogP contribution in [0.25, 0.3) is 22.0 Å². The second kappa shape index (κ2) is 8.33. The van der Waals surface area contributed by atoms with Gasteiger partial charge in [-0.25, -0.2) is 4.39 Å². The molecule has 2 aromatic carbocycles. The van der Waals surface area contributed by atoms with Crippen LogP contribution in [0.3, 0.4) is 0 Å². The number of carbonyl (C=O) groups is 1. The van der Waals surface area contributed by atoms with Crippen molar-refractivity contribution in [3.05, 3.63) is 59.5 Å². The summed E-state index contributed by atoms with van der Waals surface area (Å²) in [4.78, 5) is 15.5. The highest BCUT2D eigenvalue weighted by Gasteiger charge is 2.12. The summed E-state index contributed by atoms with van der Waals surface area (Å²) >= 11 is 0. The second-order valence-electron chi connectivity index (χ2n) is 6.85. The van der Waals surface area contributed by atoms with Crippen molar-refractivity contribution in [3.8, 4) is 11.1 Å². The molecule has 0 saturated heterocycles. The number of hydrogen-bond acceptors (Lipinski definition) is 3. The molecule has 1 heterocycles. The number of halogens is 1. The zero-order valence-electron chi connectivity index (χ0n) is 15.4. The van der Waals surface area contributed by atoms with E-state index in [0.717, 1.165) is 34.9 Å². The van der Waals surface area contributed by atoms with Crippen molar-refractivity contribution >= 4 is 16.8 Å². The summed E-state index contributed by atoms with van der Waals surface area (Å²) in [5.74, 6) is -0.406. The van der Waals surface area contributed by atoms with E-state index in [1.54, 1.807) is 13.0 Å². The molecule has 1 atom stereocenters. The fourth-order valence-electron chi connectivity index (χ4n) is 3.05. The summed E-state index contributed by atoms with van der Waals surface area (Å²) in [5, 5.41) is 3.79. The van der Waals surface area contributed by atoms with Gasteiger partial charge in [-0.05, 0) is 67.3 Å². The van der Waals surface area contributed by atoms with E-state index in [4.69, 9.17) is 11.5 Å². The molecule has 0 aliphatic rings. The molecule has 142 valence electrons. The van der Waals surface area contributed by atoms with Crippen LogP contribution in [0.2, 0.25) is 0 Å². The lowest BCUT2D eigenvalue weighted by Gasteiger charge is -2.11. The van der Waals surface area contributed by atoms with Gasteiger partial charge < -0.3 is 21.8 Å². The lowest BCUT2D eigenvalue weighted by atomic mass is 10.0. The maximum atomic E-state index is 13.5. The molecule has 5 nitrogen and oxygen atoms in total. The highest BCUT2D eigenvalue weighted by molar-refractivity contribution is 5.98. The van der Waals surface area contributed by atoms with Crippen molar-refractivity contribution in [3.63, 3.8) is 0 Å². The lowest BCUT2D eigenvalue weighted by Crippen LogP contribution is -2.37. The Hall–Kier alpha value is -2.70. The molecule has 0 radical (unpaired) electrons. The third-order valence-corrected chi connectivity index (χ3v) is 4.66. The van der Waals surface area contributed by atoms with Crippen LogP contribution < -0.4 is 16.8 Å². The zero-order valence-corrected chi connectivity index (χ0v) is 15.4. The van der Waals surface area contributed by atoms with Crippen molar-refractivity contribution in [2.75, 3.05) is 13.1 Å². The molecule has 0 spiro atoms. The molecule has 0 saturated carbocycles. The van der Waals surface area contributed by atoms with E-state index in [1.165, 1.54) is 6.07 Å². The minimum absolute atomic E-state index is 0.102. The quantitative estimate of drug-likeness (QED) is 0.516. The molecule has 3 aromatic rings. The third-order valence-electron chi connectivity index (χ3n) is 4.66. The van der Waals surface area contributed by atoms with Crippen molar-refractivity contribution in [2.24, 2.45) is 11.5 Å². The maximum Gasteiger partial charge on any atom is 0.267 e. The predicted molar refractivity (Wildman–Crippen MR) is 107 cm³/mol. The molecular formula is C21H25FN4O. The first-order valence-electron chi connectivity index (χ1n) is 9.11. The number of aryl methyl sites for hydroxylation is 1. The van der Waals surface area contributed by atoms with Crippen LogP contribution in [0, 0.1) is 12.7 Å². The van der Waals surface area contributed by atoms with E-state index in [2.05, 4.69) is 10.3 Å². The Bertz CT molecular complexity index is 951. The number of amides is 1. The van der Waals surface area contributed by atoms with Gasteiger partial charge in [0, 0.05) is 23.5 Å². The van der Waals surface area contributed by atoms with Gasteiger partial charge in [-0.3, -0.25) is 4.79 Å². The SMILES string of the molecule is Cc1cc(-c2ccc3cc(C(=O)NC[C@@H](N)CCCN)[nH]c3c2)ccc1F. The topological polar surface area (TPSA) is 96.9 Å². The van der Waals surface area contributed by atoms with Gasteiger partial charge in [0.05, 0.1) is 0 Å². The molecule has 1 amide bonds. The van der Waals surface area contributed by atoms with E-state index in [1.807, 2.05) is 30.3 Å². The number of carbonyl (C=O) groups excluding carboxylic acids is 1. The normalized spacial score (nSPS) is 12.3. The van der Waals surface area contributed by atoms with Gasteiger partial charge in [-0.15, -0.1) is 0 Å². The standard InChI is InChI=1S/C21H25FN4O/c1-13-9-14(6-7-18(13)22)15-4-5-16-11-20(26-19(16)10-15)21(27)25-12-17(24)3-2-8-23/h4-7,9-11,17,26H,2-3,8,12,23-24H2,1H3,(H,25,27)/t17-/m0/s1. The van der Waals surface area contributed by atoms with Gasteiger partial charge in [0.2, 0.25) is 0 Å². The number of nitrogens with two attached hydrogens (primary N) is 2. The van der Waals surface area contributed by atoms with Gasteiger partial charge in [0.25, 0.3) is 5.91 Å². The molecule has 3 rings (SSSR count). The molecular weight excluding hydrogens is 343 g/mol. The van der Waals surface area contributed by atoms with E-state index in [-0.39, 0.29) is 17.8 Å². The predicted octanol–water partition coefficient (Wildman–Crippen LogP) is 3.08. The van der Waals surface area contributed by atoms with Crippen molar-refractivity contribution in [1.29, 1.82) is 0 Å². The average molecular weight is 368 g/mol. The third kappa shape index (κ3) is 4.53. The van der Waals surface area contributed by atoms with Crippen LogP contribution in [0.1, 0.15) is 28.9 Å². The average Bonchev–Trinajstić information content (AvgIpc) is 3.10. The Balaban J connectivity index is 1.75. The van der Waals surface area contributed by atoms with Gasteiger partial charge >= 0.3 is 0 Å². The number of H-pyrrole nitrogens is 1. The Morgan fingerprint density at radius 3 is 2.67 bits per heavy atom. The largest absolute Gasteiger partial charge is 0.351 e. The number of benzene rings is 2. The van der Waals surface area contributed by atoms with E-state index in [9.17, 15) is 9.18 Å². The molecule has 0 bridgehead atoms. The monoisotopic (exact) mass is 368 g/mol. The molecule has 6 heteroatoms. The molecule has 0 fully saturated rings. The fourth-order valence-corrected chi connectivity index (χ4v) is 3.05. The summed E-state index contributed by atoms with van der Waals surface area (Å²) in [6, 6.07) is 12.6. The van der Waals surface area contributed by atoms with Gasteiger partial charge in [-0.2, -0.15) is 0 Å². The van der Waals surface area contributed by atoms with Crippen LogP contribution >= 0.6 is 0 Å². The molecule has 0 unspecified atom stereocenters. The Morgan fingerprint density at radius 2 is 1.93 bits per heavy atom. The number of aromatic nitrogens is 1. The summed E-state index contributed by atoms with van der Waals surface area (Å²) < 4.78 is 13.5. The Labute approximate surface area is 157 Å². The van der Waals surface area contributed by atoms with Crippen LogP contribution in [0.4, 0.5) is 4.39 Å². The van der Waals surface area contributed by atoms with Crippen molar-refractivity contribution < 1.29 is 9.18 Å². The van der Waals surface area contributed by atoms with Crippen LogP contribution in [0.5, 0.6) is 0 Å². The van der Waals surface area contributed by atoms with Crippen LogP contribution in [-0.2, 0) is 0 Å². The van der Waals surface area contributed by atoms with Gasteiger partial charge in [-0.1, -0.05) is 18.2 Å². The number of hydrogen-bond donors (Lipinski definition) is 4. The van der Waals surface area contributed by atoms with Crippen molar-refractivity contribution in [1.82, 2.24) is 10.3 Å². The second-order valence-corrected chi connectivity index (χ2v) is 6.85. The fraction of sp³-hybridized carbons (Fsp3) is 0.286. The van der Waals surface area contributed by atoms with Gasteiger partial charge in [0.1, 0.15) is 11.5 Å². The summed E-state index contributed by atoms with van der Waals surface area (Å²) in [5.41, 5.74) is 15.3.